The lowest BCUT2D eigenvalue weighted by atomic mass is 10.3. The van der Waals surface area contributed by atoms with Gasteiger partial charge in [0.25, 0.3) is 5.91 Å². The molecule has 1 amide bonds. The van der Waals surface area contributed by atoms with Crippen LogP contribution in [0.5, 0.6) is 0 Å². The van der Waals surface area contributed by atoms with E-state index in [0.717, 1.165) is 12.8 Å². The van der Waals surface area contributed by atoms with Gasteiger partial charge in [0.2, 0.25) is 0 Å². The van der Waals surface area contributed by atoms with E-state index in [1.54, 1.807) is 0 Å². The zero-order valence-corrected chi connectivity index (χ0v) is 6.39. The number of allylic oxidation sites excluding steroid dienone is 1. The Hall–Kier alpha value is -0.830. The van der Waals surface area contributed by atoms with Crippen molar-refractivity contribution in [2.24, 2.45) is 0 Å². The first-order valence-electron chi connectivity index (χ1n) is 3.30. The molecule has 58 valence electrons. The van der Waals surface area contributed by atoms with E-state index in [2.05, 4.69) is 17.2 Å². The molecule has 0 aliphatic heterocycles. The standard InChI is InChI=1S/C7H13NO2/c1-3-4-5-6-7(9)8-10-2/h5-6H,3-4H2,1-2H3,(H,8,9). The van der Waals surface area contributed by atoms with Gasteiger partial charge in [0.15, 0.2) is 0 Å². The first-order chi connectivity index (χ1) is 4.81. The number of carbonyl (C=O) groups is 1. The predicted molar refractivity (Wildman–Crippen MR) is 39.2 cm³/mol. The van der Waals surface area contributed by atoms with Gasteiger partial charge in [0, 0.05) is 6.08 Å². The molecule has 0 aliphatic carbocycles. The van der Waals surface area contributed by atoms with Crippen molar-refractivity contribution in [1.29, 1.82) is 0 Å². The van der Waals surface area contributed by atoms with Crippen LogP contribution in [0.4, 0.5) is 0 Å². The molecule has 3 heteroatoms. The number of unbranched alkanes of at least 4 members (excludes halogenated alkanes) is 1. The molecule has 0 bridgehead atoms. The van der Waals surface area contributed by atoms with Gasteiger partial charge in [0.05, 0.1) is 7.11 Å². The molecular formula is C7H13NO2. The van der Waals surface area contributed by atoms with Crippen LogP contribution in [-0.2, 0) is 9.63 Å². The zero-order chi connectivity index (χ0) is 7.82. The van der Waals surface area contributed by atoms with Crippen molar-refractivity contribution < 1.29 is 9.63 Å². The quantitative estimate of drug-likeness (QED) is 0.471. The van der Waals surface area contributed by atoms with Crippen molar-refractivity contribution >= 4 is 5.91 Å². The number of rotatable bonds is 4. The minimum absolute atomic E-state index is 0.212. The number of carbonyl (C=O) groups excluding carboxylic acids is 1. The van der Waals surface area contributed by atoms with Crippen LogP contribution in [0.2, 0.25) is 0 Å². The molecule has 10 heavy (non-hydrogen) atoms. The zero-order valence-electron chi connectivity index (χ0n) is 6.39. The maximum atomic E-state index is 10.6. The first-order valence-corrected chi connectivity index (χ1v) is 3.30. The predicted octanol–water partition coefficient (Wildman–Crippen LogP) is 1.02. The second kappa shape index (κ2) is 6.29. The highest BCUT2D eigenvalue weighted by molar-refractivity contribution is 5.86. The lowest BCUT2D eigenvalue weighted by Gasteiger charge is -1.93. The molecule has 3 nitrogen and oxygen atoms in total. The third-order valence-electron chi connectivity index (χ3n) is 0.927. The van der Waals surface area contributed by atoms with Crippen LogP contribution in [0, 0.1) is 0 Å². The third kappa shape index (κ3) is 5.31. The summed E-state index contributed by atoms with van der Waals surface area (Å²) in [6.07, 6.45) is 5.26. The van der Waals surface area contributed by atoms with Crippen LogP contribution in [0.15, 0.2) is 12.2 Å². The Bertz CT molecular complexity index is 121. The summed E-state index contributed by atoms with van der Waals surface area (Å²) >= 11 is 0. The van der Waals surface area contributed by atoms with Crippen molar-refractivity contribution in [3.8, 4) is 0 Å². The van der Waals surface area contributed by atoms with Gasteiger partial charge in [0.1, 0.15) is 0 Å². The summed E-state index contributed by atoms with van der Waals surface area (Å²) in [5.74, 6) is -0.212. The second-order valence-corrected chi connectivity index (χ2v) is 1.86. The molecule has 0 fully saturated rings. The molecule has 0 saturated heterocycles. The van der Waals surface area contributed by atoms with Gasteiger partial charge in [-0.1, -0.05) is 19.4 Å². The molecule has 0 aromatic heterocycles. The minimum atomic E-state index is -0.212. The number of hydroxylamine groups is 1. The summed E-state index contributed by atoms with van der Waals surface area (Å²) < 4.78 is 0. The largest absolute Gasteiger partial charge is 0.277 e. The van der Waals surface area contributed by atoms with Gasteiger partial charge in [-0.15, -0.1) is 0 Å². The van der Waals surface area contributed by atoms with E-state index < -0.39 is 0 Å². The van der Waals surface area contributed by atoms with E-state index in [0.29, 0.717) is 0 Å². The Kier molecular flexibility index (Phi) is 5.77. The topological polar surface area (TPSA) is 38.3 Å². The fourth-order valence-electron chi connectivity index (χ4n) is 0.492. The summed E-state index contributed by atoms with van der Waals surface area (Å²) in [5, 5.41) is 0. The first kappa shape index (κ1) is 9.17. The fourth-order valence-corrected chi connectivity index (χ4v) is 0.492. The monoisotopic (exact) mass is 143 g/mol. The molecule has 0 aromatic carbocycles. The van der Waals surface area contributed by atoms with Crippen molar-refractivity contribution in [1.82, 2.24) is 5.48 Å². The maximum absolute atomic E-state index is 10.6. The van der Waals surface area contributed by atoms with E-state index in [9.17, 15) is 4.79 Å². The highest BCUT2D eigenvalue weighted by Gasteiger charge is 1.88. The maximum Gasteiger partial charge on any atom is 0.267 e. The van der Waals surface area contributed by atoms with Crippen LogP contribution >= 0.6 is 0 Å². The van der Waals surface area contributed by atoms with Gasteiger partial charge in [-0.3, -0.25) is 9.63 Å². The number of hydrogen-bond acceptors (Lipinski definition) is 2. The summed E-state index contributed by atoms with van der Waals surface area (Å²) in [7, 11) is 1.41. The molecule has 0 rings (SSSR count). The van der Waals surface area contributed by atoms with Gasteiger partial charge in [-0.25, -0.2) is 5.48 Å². The Balaban J connectivity index is 3.36. The normalized spacial score (nSPS) is 10.2. The van der Waals surface area contributed by atoms with Gasteiger partial charge in [-0.2, -0.15) is 0 Å². The van der Waals surface area contributed by atoms with E-state index in [4.69, 9.17) is 0 Å². The lowest BCUT2D eigenvalue weighted by molar-refractivity contribution is -0.126. The molecule has 0 spiro atoms. The van der Waals surface area contributed by atoms with E-state index in [-0.39, 0.29) is 5.91 Å². The SMILES string of the molecule is CCCC=CC(=O)NOC. The van der Waals surface area contributed by atoms with E-state index in [1.165, 1.54) is 13.2 Å². The summed E-state index contributed by atoms with van der Waals surface area (Å²) in [4.78, 5) is 15.0. The van der Waals surface area contributed by atoms with E-state index >= 15 is 0 Å². The van der Waals surface area contributed by atoms with Crippen LogP contribution in [0.3, 0.4) is 0 Å². The molecule has 0 heterocycles. The molecule has 0 atom stereocenters. The summed E-state index contributed by atoms with van der Waals surface area (Å²) in [6, 6.07) is 0. The van der Waals surface area contributed by atoms with E-state index in [1.807, 2.05) is 6.08 Å². The Morgan fingerprint density at radius 2 is 2.40 bits per heavy atom. The average Bonchev–Trinajstić information content (AvgIpc) is 1.89. The minimum Gasteiger partial charge on any atom is -0.277 e. The smallest absolute Gasteiger partial charge is 0.267 e. The Morgan fingerprint density at radius 3 is 2.90 bits per heavy atom. The van der Waals surface area contributed by atoms with Crippen LogP contribution in [0.25, 0.3) is 0 Å². The number of amides is 1. The molecule has 0 radical (unpaired) electrons. The average molecular weight is 143 g/mol. The molecule has 0 aromatic rings. The second-order valence-electron chi connectivity index (χ2n) is 1.86. The van der Waals surface area contributed by atoms with Gasteiger partial charge >= 0.3 is 0 Å². The van der Waals surface area contributed by atoms with Crippen LogP contribution in [0.1, 0.15) is 19.8 Å². The molecular weight excluding hydrogens is 130 g/mol. The summed E-state index contributed by atoms with van der Waals surface area (Å²) in [5.41, 5.74) is 2.18. The van der Waals surface area contributed by atoms with Crippen molar-refractivity contribution in [2.45, 2.75) is 19.8 Å². The highest BCUT2D eigenvalue weighted by atomic mass is 16.6. The van der Waals surface area contributed by atoms with Crippen LogP contribution < -0.4 is 5.48 Å². The fraction of sp³-hybridized carbons (Fsp3) is 0.571. The summed E-state index contributed by atoms with van der Waals surface area (Å²) in [6.45, 7) is 2.05. The Morgan fingerprint density at radius 1 is 1.70 bits per heavy atom. The van der Waals surface area contributed by atoms with Crippen LogP contribution in [-0.4, -0.2) is 13.0 Å². The molecule has 0 unspecified atom stereocenters. The lowest BCUT2D eigenvalue weighted by Crippen LogP contribution is -2.18. The van der Waals surface area contributed by atoms with Crippen molar-refractivity contribution in [2.75, 3.05) is 7.11 Å². The number of hydrogen-bond donors (Lipinski definition) is 1. The molecule has 1 N–H and O–H groups in total. The van der Waals surface area contributed by atoms with Gasteiger partial charge < -0.3 is 0 Å². The van der Waals surface area contributed by atoms with Crippen molar-refractivity contribution in [3.05, 3.63) is 12.2 Å². The number of nitrogens with one attached hydrogen (secondary N) is 1. The van der Waals surface area contributed by atoms with Gasteiger partial charge in [-0.05, 0) is 6.42 Å². The molecule has 0 aliphatic rings. The highest BCUT2D eigenvalue weighted by Crippen LogP contribution is 1.87. The third-order valence-corrected chi connectivity index (χ3v) is 0.927. The van der Waals surface area contributed by atoms with Crippen molar-refractivity contribution in [3.63, 3.8) is 0 Å². The Labute approximate surface area is 61.0 Å². The molecule has 0 saturated carbocycles.